The summed E-state index contributed by atoms with van der Waals surface area (Å²) < 4.78 is 4.75. The quantitative estimate of drug-likeness (QED) is 0.739. The summed E-state index contributed by atoms with van der Waals surface area (Å²) in [6.07, 6.45) is 4.39. The number of ether oxygens (including phenoxy) is 1. The number of carbonyl (C=O) groups is 1. The number of aliphatic hydroxyl groups excluding tert-OH is 1. The van der Waals surface area contributed by atoms with E-state index in [-0.39, 0.29) is 28.6 Å². The van der Waals surface area contributed by atoms with E-state index < -0.39 is 6.09 Å². The maximum atomic E-state index is 11.6. The summed E-state index contributed by atoms with van der Waals surface area (Å²) >= 11 is 0. The average Bonchev–Trinajstić information content (AvgIpc) is 2.95. The smallest absolute Gasteiger partial charge is 0.406 e. The van der Waals surface area contributed by atoms with Crippen molar-refractivity contribution in [2.45, 2.75) is 63.4 Å². The molecule has 5 nitrogen and oxygen atoms in total. The van der Waals surface area contributed by atoms with E-state index in [1.165, 1.54) is 12.7 Å². The summed E-state index contributed by atoms with van der Waals surface area (Å²) in [4.78, 5) is 11.6. The number of carbonyl (C=O) groups excluding carboxylic acids is 1. The van der Waals surface area contributed by atoms with Crippen molar-refractivity contribution in [3.05, 3.63) is 29.3 Å². The maximum Gasteiger partial charge on any atom is 0.406 e. The predicted octanol–water partition coefficient (Wildman–Crippen LogP) is 3.68. The van der Waals surface area contributed by atoms with Gasteiger partial charge in [0, 0.05) is 12.5 Å². The Bertz CT molecular complexity index is 750. The predicted molar refractivity (Wildman–Crippen MR) is 103 cm³/mol. The summed E-state index contributed by atoms with van der Waals surface area (Å²) in [5.74, 6) is 1.38. The van der Waals surface area contributed by atoms with Crippen LogP contribution in [0.5, 0.6) is 5.75 Å². The molecular formula is C22H31NO4. The van der Waals surface area contributed by atoms with Gasteiger partial charge in [0.2, 0.25) is 0 Å². The van der Waals surface area contributed by atoms with E-state index in [1.807, 2.05) is 6.07 Å². The lowest BCUT2D eigenvalue weighted by atomic mass is 9.48. The molecule has 1 aromatic rings. The molecule has 0 heterocycles. The Hall–Kier alpha value is -1.75. The highest BCUT2D eigenvalue weighted by atomic mass is 16.5. The second-order valence-electron chi connectivity index (χ2n) is 9.31. The molecule has 3 aliphatic rings. The van der Waals surface area contributed by atoms with E-state index in [4.69, 9.17) is 4.74 Å². The summed E-state index contributed by atoms with van der Waals surface area (Å²) in [5, 5.41) is 23.6. The molecule has 0 aliphatic heterocycles. The molecule has 2 fully saturated rings. The van der Waals surface area contributed by atoms with E-state index in [9.17, 15) is 15.0 Å². The number of hydrogen-bond acceptors (Lipinski definition) is 4. The van der Waals surface area contributed by atoms with Crippen LogP contribution in [0.3, 0.4) is 0 Å². The third kappa shape index (κ3) is 2.74. The fraction of sp³-hybridized carbons (Fsp3) is 0.682. The first-order chi connectivity index (χ1) is 12.8. The van der Waals surface area contributed by atoms with Gasteiger partial charge in [0.25, 0.3) is 0 Å². The number of amides is 1. The van der Waals surface area contributed by atoms with Crippen LogP contribution in [0.25, 0.3) is 0 Å². The van der Waals surface area contributed by atoms with Gasteiger partial charge in [-0.25, -0.2) is 4.79 Å². The van der Waals surface area contributed by atoms with Crippen LogP contribution in [0.15, 0.2) is 18.2 Å². The van der Waals surface area contributed by atoms with Gasteiger partial charge < -0.3 is 20.3 Å². The molecule has 3 N–H and O–H groups in total. The number of benzene rings is 1. The number of alkyl carbamates (subject to hydrolysis) is 1. The van der Waals surface area contributed by atoms with Crippen molar-refractivity contribution >= 4 is 6.09 Å². The first kappa shape index (κ1) is 18.6. The maximum absolute atomic E-state index is 11.6. The largest absolute Gasteiger partial charge is 0.508 e. The minimum absolute atomic E-state index is 0.00106. The molecule has 1 aromatic carbocycles. The van der Waals surface area contributed by atoms with E-state index in [2.05, 4.69) is 25.2 Å². The fourth-order valence-electron chi connectivity index (χ4n) is 6.49. The molecule has 4 rings (SSSR count). The van der Waals surface area contributed by atoms with Gasteiger partial charge in [-0.1, -0.05) is 19.9 Å². The number of fused-ring (bicyclic) bond motifs is 5. The number of hydrogen-bond donors (Lipinski definition) is 3. The van der Waals surface area contributed by atoms with E-state index in [0.717, 1.165) is 37.7 Å². The van der Waals surface area contributed by atoms with Gasteiger partial charge in [0.05, 0.1) is 13.2 Å². The molecule has 3 aliphatic carbocycles. The third-order valence-electron chi connectivity index (χ3n) is 8.15. The zero-order valence-corrected chi connectivity index (χ0v) is 16.5. The monoisotopic (exact) mass is 373 g/mol. The van der Waals surface area contributed by atoms with Crippen LogP contribution in [0, 0.1) is 17.3 Å². The molecule has 2 saturated carbocycles. The standard InChI is InChI=1S/C22H31NO4/c1-21-8-9-22(2)17(6-7-19(22)25)18(21)10-13(12-23-20(26)27-3)15-11-14(24)4-5-16(15)21/h4-5,11,13,17-19,24-25H,6-10,12H2,1-3H3,(H,23,26)/t13-,17?,18?,19?,21-,22?/m1/s1. The molecular weight excluding hydrogens is 342 g/mol. The highest BCUT2D eigenvalue weighted by molar-refractivity contribution is 5.67. The van der Waals surface area contributed by atoms with Gasteiger partial charge >= 0.3 is 6.09 Å². The van der Waals surface area contributed by atoms with E-state index in [0.29, 0.717) is 18.4 Å². The number of phenols is 1. The molecule has 0 bridgehead atoms. The Balaban J connectivity index is 1.73. The Kier molecular flexibility index (Phi) is 4.41. The van der Waals surface area contributed by atoms with E-state index >= 15 is 0 Å². The summed E-state index contributed by atoms with van der Waals surface area (Å²) in [7, 11) is 1.37. The van der Waals surface area contributed by atoms with Crippen LogP contribution < -0.4 is 5.32 Å². The van der Waals surface area contributed by atoms with Crippen molar-refractivity contribution in [3.63, 3.8) is 0 Å². The Labute approximate surface area is 161 Å². The number of phenolic OH excluding ortho intramolecular Hbond substituents is 1. The highest BCUT2D eigenvalue weighted by Gasteiger charge is 2.59. The van der Waals surface area contributed by atoms with Crippen LogP contribution in [-0.4, -0.2) is 36.1 Å². The SMILES string of the molecule is COC(=O)NC[C@H]1CC2C3CCC(O)C3(C)CC[C@]2(C)c2ccc(O)cc21. The summed E-state index contributed by atoms with van der Waals surface area (Å²) in [5.41, 5.74) is 2.50. The Morgan fingerprint density at radius 2 is 2.04 bits per heavy atom. The summed E-state index contributed by atoms with van der Waals surface area (Å²) in [6.45, 7) is 5.13. The number of rotatable bonds is 2. The fourth-order valence-corrected chi connectivity index (χ4v) is 6.49. The molecule has 0 aromatic heterocycles. The normalized spacial score (nSPS) is 39.9. The van der Waals surface area contributed by atoms with Gasteiger partial charge in [0.1, 0.15) is 5.75 Å². The van der Waals surface area contributed by atoms with Crippen molar-refractivity contribution in [2.24, 2.45) is 17.3 Å². The van der Waals surface area contributed by atoms with Crippen molar-refractivity contribution < 1.29 is 19.7 Å². The second kappa shape index (κ2) is 6.40. The first-order valence-corrected chi connectivity index (χ1v) is 10.1. The van der Waals surface area contributed by atoms with Crippen molar-refractivity contribution in [2.75, 3.05) is 13.7 Å². The highest BCUT2D eigenvalue weighted by Crippen LogP contribution is 2.64. The zero-order chi connectivity index (χ0) is 19.4. The van der Waals surface area contributed by atoms with E-state index in [1.54, 1.807) is 6.07 Å². The number of methoxy groups -OCH3 is 1. The molecule has 0 spiro atoms. The Morgan fingerprint density at radius 3 is 2.78 bits per heavy atom. The number of aliphatic hydroxyl groups is 1. The molecule has 148 valence electrons. The number of aromatic hydroxyl groups is 1. The molecule has 27 heavy (non-hydrogen) atoms. The second-order valence-corrected chi connectivity index (χ2v) is 9.31. The van der Waals surface area contributed by atoms with Crippen LogP contribution in [0.4, 0.5) is 4.79 Å². The van der Waals surface area contributed by atoms with Gasteiger partial charge in [0.15, 0.2) is 0 Å². The number of nitrogens with one attached hydrogen (secondary N) is 1. The lowest BCUT2D eigenvalue weighted by molar-refractivity contribution is -0.0490. The van der Waals surface area contributed by atoms with Gasteiger partial charge in [-0.3, -0.25) is 0 Å². The minimum Gasteiger partial charge on any atom is -0.508 e. The average molecular weight is 373 g/mol. The molecule has 6 atom stereocenters. The van der Waals surface area contributed by atoms with Crippen molar-refractivity contribution in [1.82, 2.24) is 5.32 Å². The Morgan fingerprint density at radius 1 is 1.26 bits per heavy atom. The van der Waals surface area contributed by atoms with Crippen LogP contribution in [0.1, 0.15) is 63.0 Å². The zero-order valence-electron chi connectivity index (χ0n) is 16.5. The van der Waals surface area contributed by atoms with Crippen LogP contribution >= 0.6 is 0 Å². The van der Waals surface area contributed by atoms with Gasteiger partial charge in [-0.05, 0) is 78.0 Å². The first-order valence-electron chi connectivity index (χ1n) is 10.1. The molecule has 4 unspecified atom stereocenters. The van der Waals surface area contributed by atoms with Gasteiger partial charge in [-0.2, -0.15) is 0 Å². The van der Waals surface area contributed by atoms with Gasteiger partial charge in [-0.15, -0.1) is 0 Å². The lowest BCUT2D eigenvalue weighted by Gasteiger charge is -2.57. The van der Waals surface area contributed by atoms with Crippen molar-refractivity contribution in [1.29, 1.82) is 0 Å². The molecule has 0 saturated heterocycles. The molecule has 0 radical (unpaired) electrons. The van der Waals surface area contributed by atoms with Crippen LogP contribution in [0.2, 0.25) is 0 Å². The van der Waals surface area contributed by atoms with Crippen molar-refractivity contribution in [3.8, 4) is 5.75 Å². The molecule has 1 amide bonds. The minimum atomic E-state index is -0.421. The topological polar surface area (TPSA) is 78.8 Å². The van der Waals surface area contributed by atoms with Crippen LogP contribution in [-0.2, 0) is 10.2 Å². The lowest BCUT2D eigenvalue weighted by Crippen LogP contribution is -2.52. The third-order valence-corrected chi connectivity index (χ3v) is 8.15. The summed E-state index contributed by atoms with van der Waals surface area (Å²) in [6, 6.07) is 5.74. The molecule has 5 heteroatoms.